The van der Waals surface area contributed by atoms with Crippen LogP contribution in [0.1, 0.15) is 49.4 Å². The molecule has 8 nitrogen and oxygen atoms in total. The Balaban J connectivity index is 1.16. The summed E-state index contributed by atoms with van der Waals surface area (Å²) in [7, 11) is 1.92. The van der Waals surface area contributed by atoms with E-state index in [4.69, 9.17) is 9.47 Å². The Morgan fingerprint density at radius 1 is 1.04 bits per heavy atom. The number of rotatable bonds is 13. The highest BCUT2D eigenvalue weighted by atomic mass is 32.1. The first-order chi connectivity index (χ1) is 21.9. The summed E-state index contributed by atoms with van der Waals surface area (Å²) in [5, 5.41) is 0. The number of amides is 1. The molecule has 0 bridgehead atoms. The molecule has 0 aliphatic heterocycles. The molecule has 1 fully saturated rings. The highest BCUT2D eigenvalue weighted by molar-refractivity contribution is 7.22. The van der Waals surface area contributed by atoms with Crippen LogP contribution in [0.25, 0.3) is 20.9 Å². The van der Waals surface area contributed by atoms with Crippen LogP contribution in [-0.4, -0.2) is 37.9 Å². The predicted octanol–water partition coefficient (Wildman–Crippen LogP) is 8.09. The average molecular weight is 627 g/mol. The summed E-state index contributed by atoms with van der Waals surface area (Å²) >= 11 is 1.45. The fourth-order valence-electron chi connectivity index (χ4n) is 5.24. The summed E-state index contributed by atoms with van der Waals surface area (Å²) in [5.74, 6) is 1.44. The summed E-state index contributed by atoms with van der Waals surface area (Å²) in [4.78, 5) is 36.9. The van der Waals surface area contributed by atoms with E-state index >= 15 is 4.39 Å². The zero-order valence-electron chi connectivity index (χ0n) is 25.4. The van der Waals surface area contributed by atoms with Gasteiger partial charge in [0.2, 0.25) is 0 Å². The van der Waals surface area contributed by atoms with Crippen molar-refractivity contribution >= 4 is 33.4 Å². The first-order valence-electron chi connectivity index (χ1n) is 15.2. The minimum absolute atomic E-state index is 0.0882. The minimum atomic E-state index is -0.513. The number of pyridine rings is 1. The maximum Gasteiger partial charge on any atom is 0.410 e. The number of nitrogens with zero attached hydrogens (tertiary/aromatic N) is 4. The molecule has 1 amide bonds. The van der Waals surface area contributed by atoms with Gasteiger partial charge in [-0.2, -0.15) is 0 Å². The Kier molecular flexibility index (Phi) is 9.21. The van der Waals surface area contributed by atoms with E-state index < -0.39 is 5.82 Å². The molecule has 0 saturated heterocycles. The summed E-state index contributed by atoms with van der Waals surface area (Å²) in [6.45, 7) is 3.14. The highest BCUT2D eigenvalue weighted by Crippen LogP contribution is 2.39. The van der Waals surface area contributed by atoms with Crippen LogP contribution >= 0.6 is 11.3 Å². The third-order valence-electron chi connectivity index (χ3n) is 7.82. The second-order valence-electron chi connectivity index (χ2n) is 11.5. The molecular weight excluding hydrogens is 591 g/mol. The molecule has 232 valence electrons. The van der Waals surface area contributed by atoms with Gasteiger partial charge in [-0.05, 0) is 54.5 Å². The maximum atomic E-state index is 15.0. The number of carbonyl (C=O) groups is 2. The average Bonchev–Trinajstić information content (AvgIpc) is 3.61. The van der Waals surface area contributed by atoms with E-state index in [9.17, 15) is 9.59 Å². The summed E-state index contributed by atoms with van der Waals surface area (Å²) < 4.78 is 29.4. The molecule has 1 aliphatic rings. The van der Waals surface area contributed by atoms with Gasteiger partial charge in [-0.15, -0.1) is 11.3 Å². The lowest BCUT2D eigenvalue weighted by Gasteiger charge is -2.21. The van der Waals surface area contributed by atoms with Gasteiger partial charge in [-0.25, -0.2) is 14.2 Å². The van der Waals surface area contributed by atoms with Crippen LogP contribution in [0.15, 0.2) is 73.1 Å². The molecule has 0 spiro atoms. The molecule has 45 heavy (non-hydrogen) atoms. The van der Waals surface area contributed by atoms with E-state index in [-0.39, 0.29) is 30.7 Å². The van der Waals surface area contributed by atoms with E-state index in [1.165, 1.54) is 17.4 Å². The lowest BCUT2D eigenvalue weighted by Crippen LogP contribution is -2.32. The third-order valence-corrected chi connectivity index (χ3v) is 8.96. The lowest BCUT2D eigenvalue weighted by atomic mass is 10.0. The van der Waals surface area contributed by atoms with Gasteiger partial charge < -0.3 is 18.9 Å². The second-order valence-corrected chi connectivity index (χ2v) is 12.5. The lowest BCUT2D eigenvalue weighted by molar-refractivity contribution is -0.118. The van der Waals surface area contributed by atoms with Crippen molar-refractivity contribution in [3.8, 4) is 22.2 Å². The Morgan fingerprint density at radius 3 is 2.62 bits per heavy atom. The van der Waals surface area contributed by atoms with Crippen molar-refractivity contribution in [1.82, 2.24) is 19.4 Å². The molecule has 5 aromatic rings. The standard InChI is InChI=1S/C35H35FN4O4S/c1-3-15-40(35(42)43-22-24-7-5-4-6-8-24)21-26-20-38-34(39(26)2)32-19-29-33(45-32)31(13-14-37-29)44-30-12-11-25(18-28(30)36)17-27(41)16-23-9-10-23/h4-8,11-14,18-20,23H,3,9-10,15-17,21-22H2,1-2H3. The number of Topliss-reactive ketones (excluding diaryl/α,β-unsaturated/α-hetero) is 1. The van der Waals surface area contributed by atoms with E-state index in [1.807, 2.05) is 54.9 Å². The first-order valence-corrected chi connectivity index (χ1v) is 16.0. The van der Waals surface area contributed by atoms with Gasteiger partial charge in [-0.1, -0.05) is 43.3 Å². The number of hydrogen-bond donors (Lipinski definition) is 0. The van der Waals surface area contributed by atoms with Gasteiger partial charge in [0.05, 0.1) is 33.5 Å². The maximum absolute atomic E-state index is 15.0. The van der Waals surface area contributed by atoms with Gasteiger partial charge in [0, 0.05) is 38.7 Å². The quantitative estimate of drug-likeness (QED) is 0.131. The second kappa shape index (κ2) is 13.6. The third kappa shape index (κ3) is 7.39. The fraction of sp³-hybridized carbons (Fsp3) is 0.314. The molecule has 10 heteroatoms. The van der Waals surface area contributed by atoms with Crippen LogP contribution in [0.4, 0.5) is 9.18 Å². The molecule has 3 heterocycles. The van der Waals surface area contributed by atoms with E-state index in [0.29, 0.717) is 42.3 Å². The molecule has 3 aromatic heterocycles. The SMILES string of the molecule is CCCN(Cc1cnc(-c2cc3nccc(Oc4ccc(CC(=O)CC5CC5)cc4F)c3s2)n1C)C(=O)OCc1ccccc1. The number of hydrogen-bond acceptors (Lipinski definition) is 7. The molecule has 0 radical (unpaired) electrons. The van der Waals surface area contributed by atoms with Crippen LogP contribution in [0, 0.1) is 11.7 Å². The van der Waals surface area contributed by atoms with E-state index in [2.05, 4.69) is 9.97 Å². The van der Waals surface area contributed by atoms with Crippen LogP contribution in [-0.2, 0) is 36.2 Å². The van der Waals surface area contributed by atoms with E-state index in [1.54, 1.807) is 35.5 Å². The largest absolute Gasteiger partial charge is 0.453 e. The monoisotopic (exact) mass is 626 g/mol. The first kappa shape index (κ1) is 30.5. The Bertz CT molecular complexity index is 1820. The number of fused-ring (bicyclic) bond motifs is 1. The zero-order valence-corrected chi connectivity index (χ0v) is 26.2. The Hall–Kier alpha value is -4.57. The van der Waals surface area contributed by atoms with Crippen molar-refractivity contribution in [2.45, 2.75) is 52.2 Å². The molecule has 0 N–H and O–H groups in total. The van der Waals surface area contributed by atoms with E-state index in [0.717, 1.165) is 45.9 Å². The summed E-state index contributed by atoms with van der Waals surface area (Å²) in [6, 6.07) is 18.0. The van der Waals surface area contributed by atoms with Gasteiger partial charge in [0.15, 0.2) is 11.6 Å². The molecule has 1 saturated carbocycles. The van der Waals surface area contributed by atoms with Crippen LogP contribution in [0.2, 0.25) is 0 Å². The fourth-order valence-corrected chi connectivity index (χ4v) is 6.33. The van der Waals surface area contributed by atoms with Crippen molar-refractivity contribution in [2.24, 2.45) is 13.0 Å². The highest BCUT2D eigenvalue weighted by Gasteiger charge is 2.24. The van der Waals surface area contributed by atoms with Crippen LogP contribution in [0.5, 0.6) is 11.5 Å². The van der Waals surface area contributed by atoms with Crippen molar-refractivity contribution < 1.29 is 23.5 Å². The molecule has 1 aliphatic carbocycles. The molecule has 6 rings (SSSR count). The van der Waals surface area contributed by atoms with Crippen LogP contribution in [0.3, 0.4) is 0 Å². The zero-order chi connectivity index (χ0) is 31.3. The summed E-state index contributed by atoms with van der Waals surface area (Å²) in [5.41, 5.74) is 3.14. The van der Waals surface area contributed by atoms with Gasteiger partial charge in [0.1, 0.15) is 24.0 Å². The smallest absolute Gasteiger partial charge is 0.410 e. The van der Waals surface area contributed by atoms with Crippen molar-refractivity contribution in [1.29, 1.82) is 0 Å². The van der Waals surface area contributed by atoms with Crippen LogP contribution < -0.4 is 4.74 Å². The number of ether oxygens (including phenoxy) is 2. The van der Waals surface area contributed by atoms with Crippen molar-refractivity contribution in [3.05, 3.63) is 95.7 Å². The number of ketones is 1. The van der Waals surface area contributed by atoms with Crippen molar-refractivity contribution in [3.63, 3.8) is 0 Å². The van der Waals surface area contributed by atoms with Gasteiger partial charge >= 0.3 is 6.09 Å². The predicted molar refractivity (Wildman–Crippen MR) is 172 cm³/mol. The van der Waals surface area contributed by atoms with Gasteiger partial charge in [-0.3, -0.25) is 9.78 Å². The Morgan fingerprint density at radius 2 is 1.87 bits per heavy atom. The summed E-state index contributed by atoms with van der Waals surface area (Å²) in [6.07, 6.45) is 6.85. The molecule has 2 aromatic carbocycles. The number of aromatic nitrogens is 3. The topological polar surface area (TPSA) is 86.5 Å². The molecular formula is C35H35FN4O4S. The normalized spacial score (nSPS) is 12.8. The minimum Gasteiger partial charge on any atom is -0.453 e. The number of carbonyl (C=O) groups excluding carboxylic acids is 2. The number of thiophene rings is 1. The number of benzene rings is 2. The Labute approximate surface area is 265 Å². The number of halogens is 1. The number of imidazole rings is 1. The van der Waals surface area contributed by atoms with Gasteiger partial charge in [0.25, 0.3) is 0 Å². The molecule has 0 atom stereocenters. The molecule has 0 unspecified atom stereocenters. The van der Waals surface area contributed by atoms with Crippen molar-refractivity contribution in [2.75, 3.05) is 6.54 Å².